The van der Waals surface area contributed by atoms with Crippen molar-refractivity contribution in [2.45, 2.75) is 10.8 Å². The highest BCUT2D eigenvalue weighted by atomic mass is 35.5. The Labute approximate surface area is 128 Å². The van der Waals surface area contributed by atoms with Crippen LogP contribution < -0.4 is 10.5 Å². The summed E-state index contributed by atoms with van der Waals surface area (Å²) in [5.74, 6) is 0.583. The molecule has 21 heavy (non-hydrogen) atoms. The summed E-state index contributed by atoms with van der Waals surface area (Å²) in [6.07, 6.45) is 0. The standard InChI is InChI=1S/C15H14ClNO3S/c16-13-7-11(5-6-14(13)17)21(18,19)9-10-8-20-15-4-2-1-3-12(10)15/h1-7,10H,8-9,17H2. The molecule has 110 valence electrons. The van der Waals surface area contributed by atoms with Crippen molar-refractivity contribution in [3.8, 4) is 5.75 Å². The van der Waals surface area contributed by atoms with Crippen molar-refractivity contribution in [2.24, 2.45) is 0 Å². The number of hydrogen-bond acceptors (Lipinski definition) is 4. The number of fused-ring (bicyclic) bond motifs is 1. The van der Waals surface area contributed by atoms with Crippen LogP contribution in [-0.2, 0) is 9.84 Å². The average Bonchev–Trinajstić information content (AvgIpc) is 2.85. The van der Waals surface area contributed by atoms with Crippen LogP contribution in [0.2, 0.25) is 5.02 Å². The van der Waals surface area contributed by atoms with Gasteiger partial charge in [-0.3, -0.25) is 0 Å². The third-order valence-electron chi connectivity index (χ3n) is 3.55. The zero-order chi connectivity index (χ0) is 15.0. The first-order valence-corrected chi connectivity index (χ1v) is 8.50. The molecule has 3 rings (SSSR count). The summed E-state index contributed by atoms with van der Waals surface area (Å²) in [6, 6.07) is 11.9. The molecule has 1 atom stereocenters. The molecule has 2 aromatic carbocycles. The Morgan fingerprint density at radius 2 is 2.00 bits per heavy atom. The maximum Gasteiger partial charge on any atom is 0.179 e. The van der Waals surface area contributed by atoms with Gasteiger partial charge in [-0.25, -0.2) is 8.42 Å². The van der Waals surface area contributed by atoms with Gasteiger partial charge in [-0.05, 0) is 24.3 Å². The van der Waals surface area contributed by atoms with E-state index >= 15 is 0 Å². The minimum atomic E-state index is -3.45. The lowest BCUT2D eigenvalue weighted by molar-refractivity contribution is 0.337. The van der Waals surface area contributed by atoms with Gasteiger partial charge in [0.25, 0.3) is 0 Å². The summed E-state index contributed by atoms with van der Waals surface area (Å²) < 4.78 is 30.5. The minimum absolute atomic E-state index is 0.00966. The molecule has 0 saturated carbocycles. The van der Waals surface area contributed by atoms with E-state index in [-0.39, 0.29) is 21.6 Å². The Bertz CT molecular complexity index is 789. The number of hydrogen-bond donors (Lipinski definition) is 1. The molecular weight excluding hydrogens is 310 g/mol. The first-order valence-electron chi connectivity index (χ1n) is 6.47. The highest BCUT2D eigenvalue weighted by Gasteiger charge is 2.29. The number of benzene rings is 2. The third kappa shape index (κ3) is 2.71. The zero-order valence-electron chi connectivity index (χ0n) is 11.1. The van der Waals surface area contributed by atoms with Crippen molar-refractivity contribution in [3.63, 3.8) is 0 Å². The number of sulfone groups is 1. The lowest BCUT2D eigenvalue weighted by Crippen LogP contribution is -2.16. The Morgan fingerprint density at radius 1 is 1.24 bits per heavy atom. The minimum Gasteiger partial charge on any atom is -0.493 e. The Hall–Kier alpha value is -1.72. The van der Waals surface area contributed by atoms with E-state index in [0.29, 0.717) is 12.3 Å². The maximum absolute atomic E-state index is 12.5. The molecule has 6 heteroatoms. The molecule has 0 bridgehead atoms. The Kier molecular flexibility index (Phi) is 3.55. The molecule has 0 saturated heterocycles. The molecular formula is C15H14ClNO3S. The molecule has 0 spiro atoms. The van der Waals surface area contributed by atoms with Crippen molar-refractivity contribution >= 4 is 27.1 Å². The molecule has 2 N–H and O–H groups in total. The maximum atomic E-state index is 12.5. The second kappa shape index (κ2) is 5.24. The van der Waals surface area contributed by atoms with Crippen LogP contribution >= 0.6 is 11.6 Å². The molecule has 0 amide bonds. The van der Waals surface area contributed by atoms with Gasteiger partial charge >= 0.3 is 0 Å². The van der Waals surface area contributed by atoms with E-state index in [2.05, 4.69) is 0 Å². The van der Waals surface area contributed by atoms with Gasteiger partial charge in [0.15, 0.2) is 9.84 Å². The largest absolute Gasteiger partial charge is 0.493 e. The second-order valence-electron chi connectivity index (χ2n) is 5.01. The lowest BCUT2D eigenvalue weighted by Gasteiger charge is -2.11. The monoisotopic (exact) mass is 323 g/mol. The van der Waals surface area contributed by atoms with Gasteiger partial charge < -0.3 is 10.5 Å². The van der Waals surface area contributed by atoms with Crippen molar-refractivity contribution in [1.82, 2.24) is 0 Å². The van der Waals surface area contributed by atoms with Crippen molar-refractivity contribution in [3.05, 3.63) is 53.1 Å². The smallest absolute Gasteiger partial charge is 0.179 e. The molecule has 4 nitrogen and oxygen atoms in total. The fraction of sp³-hybridized carbons (Fsp3) is 0.200. The summed E-state index contributed by atoms with van der Waals surface area (Å²) >= 11 is 5.90. The predicted molar refractivity (Wildman–Crippen MR) is 82.6 cm³/mol. The Morgan fingerprint density at radius 3 is 2.76 bits per heavy atom. The topological polar surface area (TPSA) is 69.4 Å². The third-order valence-corrected chi connectivity index (χ3v) is 5.69. The van der Waals surface area contributed by atoms with E-state index in [9.17, 15) is 8.42 Å². The van der Waals surface area contributed by atoms with Gasteiger partial charge in [0.2, 0.25) is 0 Å². The van der Waals surface area contributed by atoms with Crippen LogP contribution in [0.5, 0.6) is 5.75 Å². The summed E-state index contributed by atoms with van der Waals surface area (Å²) in [4.78, 5) is 0.186. The second-order valence-corrected chi connectivity index (χ2v) is 7.45. The Balaban J connectivity index is 1.89. The number of halogens is 1. The number of rotatable bonds is 3. The number of anilines is 1. The first kappa shape index (κ1) is 14.2. The summed E-state index contributed by atoms with van der Waals surface area (Å²) in [6.45, 7) is 0.376. The van der Waals surface area contributed by atoms with Gasteiger partial charge in [-0.1, -0.05) is 29.8 Å². The molecule has 0 fully saturated rings. The average molecular weight is 324 g/mol. The quantitative estimate of drug-likeness (QED) is 0.882. The zero-order valence-corrected chi connectivity index (χ0v) is 12.7. The molecule has 0 radical (unpaired) electrons. The SMILES string of the molecule is Nc1ccc(S(=O)(=O)CC2COc3ccccc32)cc1Cl. The van der Waals surface area contributed by atoms with Gasteiger partial charge in [-0.2, -0.15) is 0 Å². The summed E-state index contributed by atoms with van der Waals surface area (Å²) in [7, 11) is -3.45. The molecule has 1 unspecified atom stereocenters. The van der Waals surface area contributed by atoms with E-state index in [1.54, 1.807) is 0 Å². The van der Waals surface area contributed by atoms with Crippen LogP contribution in [0.15, 0.2) is 47.4 Å². The molecule has 0 aromatic heterocycles. The molecule has 1 heterocycles. The van der Waals surface area contributed by atoms with E-state index in [1.165, 1.54) is 18.2 Å². The molecule has 1 aliphatic heterocycles. The number of para-hydroxylation sites is 1. The van der Waals surface area contributed by atoms with E-state index in [1.807, 2.05) is 24.3 Å². The summed E-state index contributed by atoms with van der Waals surface area (Å²) in [5, 5.41) is 0.249. The molecule has 2 aromatic rings. The first-order chi connectivity index (χ1) is 9.97. The van der Waals surface area contributed by atoms with E-state index in [4.69, 9.17) is 22.1 Å². The van der Waals surface area contributed by atoms with Crippen LogP contribution in [0.1, 0.15) is 11.5 Å². The van der Waals surface area contributed by atoms with Crippen LogP contribution in [-0.4, -0.2) is 20.8 Å². The highest BCUT2D eigenvalue weighted by molar-refractivity contribution is 7.91. The highest BCUT2D eigenvalue weighted by Crippen LogP contribution is 2.35. The number of nitrogens with two attached hydrogens (primary N) is 1. The van der Waals surface area contributed by atoms with Crippen molar-refractivity contribution in [2.75, 3.05) is 18.1 Å². The normalized spacial score (nSPS) is 17.3. The van der Waals surface area contributed by atoms with E-state index in [0.717, 1.165) is 11.3 Å². The summed E-state index contributed by atoms with van der Waals surface area (Å²) in [5.41, 5.74) is 6.91. The van der Waals surface area contributed by atoms with Gasteiger partial charge in [0, 0.05) is 11.5 Å². The molecule has 0 aliphatic carbocycles. The fourth-order valence-electron chi connectivity index (χ4n) is 2.43. The van der Waals surface area contributed by atoms with Gasteiger partial charge in [0.05, 0.1) is 28.0 Å². The van der Waals surface area contributed by atoms with Crippen LogP contribution in [0.3, 0.4) is 0 Å². The number of ether oxygens (including phenoxy) is 1. The van der Waals surface area contributed by atoms with Crippen molar-refractivity contribution < 1.29 is 13.2 Å². The van der Waals surface area contributed by atoms with Crippen LogP contribution in [0.25, 0.3) is 0 Å². The van der Waals surface area contributed by atoms with E-state index < -0.39 is 9.84 Å². The van der Waals surface area contributed by atoms with Crippen molar-refractivity contribution in [1.29, 1.82) is 0 Å². The van der Waals surface area contributed by atoms with Crippen LogP contribution in [0, 0.1) is 0 Å². The number of nitrogen functional groups attached to an aromatic ring is 1. The van der Waals surface area contributed by atoms with Gasteiger partial charge in [0.1, 0.15) is 5.75 Å². The lowest BCUT2D eigenvalue weighted by atomic mass is 10.0. The fourth-order valence-corrected chi connectivity index (χ4v) is 4.25. The van der Waals surface area contributed by atoms with Gasteiger partial charge in [-0.15, -0.1) is 0 Å². The van der Waals surface area contributed by atoms with Crippen LogP contribution in [0.4, 0.5) is 5.69 Å². The predicted octanol–water partition coefficient (Wildman–Crippen LogP) is 2.87. The molecule has 1 aliphatic rings.